The Morgan fingerprint density at radius 1 is 0.438 bits per heavy atom. The Labute approximate surface area is 371 Å². The minimum absolute atomic E-state index is 0.159. The van der Waals surface area contributed by atoms with E-state index in [0.717, 1.165) is 61.4 Å². The topological polar surface area (TPSA) is 21.3 Å². The lowest BCUT2D eigenvalue weighted by atomic mass is 9.82. The number of rotatable bonds is 6. The molecule has 12 aromatic rings. The van der Waals surface area contributed by atoms with Crippen molar-refractivity contribution in [2.45, 2.75) is 19.3 Å². The second-order valence-electron chi connectivity index (χ2n) is 17.6. The first-order chi connectivity index (χ1) is 31.5. The van der Waals surface area contributed by atoms with E-state index in [9.17, 15) is 0 Å². The van der Waals surface area contributed by atoms with Crippen LogP contribution in [-0.2, 0) is 5.41 Å². The Hall–Kier alpha value is -8.14. The molecule has 13 rings (SSSR count). The smallest absolute Gasteiger partial charge is 0.145 e. The van der Waals surface area contributed by atoms with Gasteiger partial charge in [-0.1, -0.05) is 172 Å². The predicted octanol–water partition coefficient (Wildman–Crippen LogP) is 16.9. The van der Waals surface area contributed by atoms with E-state index in [1.165, 1.54) is 60.4 Å². The van der Waals surface area contributed by atoms with Gasteiger partial charge in [0.05, 0.1) is 27.8 Å². The largest absolute Gasteiger partial charge is 0.455 e. The van der Waals surface area contributed by atoms with E-state index in [-0.39, 0.29) is 5.41 Å². The molecule has 10 aromatic carbocycles. The van der Waals surface area contributed by atoms with Gasteiger partial charge in [-0.05, 0) is 105 Å². The monoisotopic (exact) mass is 818 g/mol. The van der Waals surface area contributed by atoms with Crippen molar-refractivity contribution in [3.8, 4) is 39.1 Å². The van der Waals surface area contributed by atoms with Crippen LogP contribution in [0.5, 0.6) is 0 Å². The Kier molecular flexibility index (Phi) is 7.95. The molecule has 0 fully saturated rings. The molecule has 1 aliphatic carbocycles. The highest BCUT2D eigenvalue weighted by molar-refractivity contribution is 6.19. The van der Waals surface area contributed by atoms with Gasteiger partial charge in [0.2, 0.25) is 0 Å². The maximum Gasteiger partial charge on any atom is 0.145 e. The van der Waals surface area contributed by atoms with Crippen molar-refractivity contribution in [3.63, 3.8) is 0 Å². The molecule has 0 atom stereocenters. The average Bonchev–Trinajstić information content (AvgIpc) is 3.98. The Bertz CT molecular complexity index is 3810. The molecule has 0 amide bonds. The van der Waals surface area contributed by atoms with Crippen LogP contribution in [0.15, 0.2) is 223 Å². The van der Waals surface area contributed by atoms with Gasteiger partial charge in [-0.15, -0.1) is 0 Å². The molecule has 1 aliphatic rings. The summed E-state index contributed by atoms with van der Waals surface area (Å²) in [5.41, 5.74) is 18.2. The van der Waals surface area contributed by atoms with Crippen LogP contribution in [0.2, 0.25) is 0 Å². The highest BCUT2D eigenvalue weighted by Crippen LogP contribution is 2.56. The molecular formula is C61H42N2O. The summed E-state index contributed by atoms with van der Waals surface area (Å²) in [5, 5.41) is 7.09. The lowest BCUT2D eigenvalue weighted by Crippen LogP contribution is -2.16. The second-order valence-corrected chi connectivity index (χ2v) is 17.6. The zero-order chi connectivity index (χ0) is 42.5. The summed E-state index contributed by atoms with van der Waals surface area (Å²) < 4.78 is 9.37. The summed E-state index contributed by atoms with van der Waals surface area (Å²) in [6, 6.07) is 79.5. The molecule has 0 aliphatic heterocycles. The maximum absolute atomic E-state index is 6.98. The van der Waals surface area contributed by atoms with Crippen molar-refractivity contribution >= 4 is 71.6 Å². The fraction of sp³-hybridized carbons (Fsp3) is 0.0492. The lowest BCUT2D eigenvalue weighted by Gasteiger charge is -2.30. The van der Waals surface area contributed by atoms with E-state index < -0.39 is 0 Å². The van der Waals surface area contributed by atoms with Crippen LogP contribution in [-0.4, -0.2) is 4.57 Å². The third-order valence-corrected chi connectivity index (χ3v) is 13.8. The molecule has 0 radical (unpaired) electrons. The van der Waals surface area contributed by atoms with Gasteiger partial charge < -0.3 is 13.9 Å². The van der Waals surface area contributed by atoms with E-state index in [4.69, 9.17) is 4.42 Å². The minimum atomic E-state index is -0.159. The molecule has 2 aromatic heterocycles. The van der Waals surface area contributed by atoms with Crippen molar-refractivity contribution in [1.29, 1.82) is 0 Å². The van der Waals surface area contributed by atoms with Crippen LogP contribution in [0.25, 0.3) is 93.6 Å². The van der Waals surface area contributed by atoms with Crippen LogP contribution < -0.4 is 4.90 Å². The maximum atomic E-state index is 6.98. The Morgan fingerprint density at radius 3 is 1.97 bits per heavy atom. The van der Waals surface area contributed by atoms with E-state index in [1.54, 1.807) is 0 Å². The molecule has 3 nitrogen and oxygen atoms in total. The third kappa shape index (κ3) is 5.34. The minimum Gasteiger partial charge on any atom is -0.455 e. The zero-order valence-electron chi connectivity index (χ0n) is 35.6. The Balaban J connectivity index is 1.04. The molecule has 0 N–H and O–H groups in total. The van der Waals surface area contributed by atoms with Crippen LogP contribution in [0, 0.1) is 0 Å². The van der Waals surface area contributed by atoms with Gasteiger partial charge in [-0.2, -0.15) is 0 Å². The highest BCUT2D eigenvalue weighted by Gasteiger charge is 2.38. The van der Waals surface area contributed by atoms with Gasteiger partial charge in [0, 0.05) is 44.1 Å². The van der Waals surface area contributed by atoms with Gasteiger partial charge in [-0.3, -0.25) is 0 Å². The first-order valence-corrected chi connectivity index (χ1v) is 22.2. The number of aromatic nitrogens is 1. The first-order valence-electron chi connectivity index (χ1n) is 22.2. The highest BCUT2D eigenvalue weighted by atomic mass is 16.3. The Morgan fingerprint density at radius 2 is 1.09 bits per heavy atom. The van der Waals surface area contributed by atoms with Gasteiger partial charge in [0.25, 0.3) is 0 Å². The molecule has 0 saturated heterocycles. The summed E-state index contributed by atoms with van der Waals surface area (Å²) in [4.78, 5) is 2.48. The molecule has 0 bridgehead atoms. The summed E-state index contributed by atoms with van der Waals surface area (Å²) in [5.74, 6) is 0. The average molecular weight is 819 g/mol. The number of para-hydroxylation sites is 3. The fourth-order valence-corrected chi connectivity index (χ4v) is 10.8. The van der Waals surface area contributed by atoms with E-state index in [0.29, 0.717) is 0 Å². The summed E-state index contributed by atoms with van der Waals surface area (Å²) in [7, 11) is 0. The van der Waals surface area contributed by atoms with Crippen molar-refractivity contribution < 1.29 is 4.42 Å². The van der Waals surface area contributed by atoms with Gasteiger partial charge in [0.15, 0.2) is 0 Å². The van der Waals surface area contributed by atoms with Crippen LogP contribution in [0.4, 0.5) is 17.1 Å². The summed E-state index contributed by atoms with van der Waals surface area (Å²) in [6.07, 6.45) is 0. The molecule has 64 heavy (non-hydrogen) atoms. The van der Waals surface area contributed by atoms with Crippen molar-refractivity contribution in [1.82, 2.24) is 4.57 Å². The second kappa shape index (κ2) is 13.9. The molecule has 2 heterocycles. The molecular weight excluding hydrogens is 777 g/mol. The number of hydrogen-bond acceptors (Lipinski definition) is 2. The van der Waals surface area contributed by atoms with Crippen molar-refractivity contribution in [2.75, 3.05) is 4.90 Å². The fourth-order valence-electron chi connectivity index (χ4n) is 10.8. The molecule has 0 saturated carbocycles. The third-order valence-electron chi connectivity index (χ3n) is 13.8. The van der Waals surface area contributed by atoms with Crippen molar-refractivity contribution in [2.24, 2.45) is 0 Å². The van der Waals surface area contributed by atoms with E-state index >= 15 is 0 Å². The number of furan rings is 1. The number of benzene rings is 10. The molecule has 0 spiro atoms. The summed E-state index contributed by atoms with van der Waals surface area (Å²) >= 11 is 0. The first kappa shape index (κ1) is 36.5. The van der Waals surface area contributed by atoms with Gasteiger partial charge in [0.1, 0.15) is 11.2 Å². The molecule has 3 heteroatoms. The van der Waals surface area contributed by atoms with Crippen LogP contribution in [0.3, 0.4) is 0 Å². The number of fused-ring (bicyclic) bond motifs is 10. The van der Waals surface area contributed by atoms with Crippen molar-refractivity contribution in [3.05, 3.63) is 230 Å². The SMILES string of the molecule is CC1(C)c2ccccc2-c2c(N(c3ccc(-c4ccc5c6ccccc6n(-c6ccccc6)c5c4)cc3)c3ccc(-c4cccc5ccccc45)c4oc5ccccc5c34)cccc21. The van der Waals surface area contributed by atoms with E-state index in [2.05, 4.69) is 242 Å². The zero-order valence-corrected chi connectivity index (χ0v) is 35.6. The normalized spacial score (nSPS) is 13.0. The van der Waals surface area contributed by atoms with E-state index in [1.807, 2.05) is 0 Å². The number of anilines is 3. The summed E-state index contributed by atoms with van der Waals surface area (Å²) in [6.45, 7) is 4.71. The standard InChI is InChI=1S/C61H42N2O/c1-61(2)51-25-11-8-22-49(51)58-52(61)26-15-28-54(58)63(55-37-36-48(45-24-14-17-40-16-6-7-20-44(40)45)60-59(55)50-23-10-13-29-57(50)64-60)43-33-30-39(31-34-43)41-32-35-47-46-21-9-12-27-53(46)62(56(47)38-41)42-18-4-3-5-19-42/h3-38H,1-2H3. The molecule has 302 valence electrons. The van der Waals surface area contributed by atoms with Gasteiger partial charge in [-0.25, -0.2) is 0 Å². The van der Waals surface area contributed by atoms with Gasteiger partial charge >= 0.3 is 0 Å². The van der Waals surface area contributed by atoms with Crippen LogP contribution in [0.1, 0.15) is 25.0 Å². The quantitative estimate of drug-likeness (QED) is 0.167. The number of hydrogen-bond donors (Lipinski definition) is 0. The van der Waals surface area contributed by atoms with Crippen LogP contribution >= 0.6 is 0 Å². The lowest BCUT2D eigenvalue weighted by molar-refractivity contribution is 0.660. The molecule has 0 unspecified atom stereocenters. The predicted molar refractivity (Wildman–Crippen MR) is 269 cm³/mol. The number of nitrogens with zero attached hydrogens (tertiary/aromatic N) is 2.